The van der Waals surface area contributed by atoms with Crippen molar-refractivity contribution in [2.45, 2.75) is 19.8 Å². The Balaban J connectivity index is 2.57. The van der Waals surface area contributed by atoms with Gasteiger partial charge in [-0.25, -0.2) is 0 Å². The van der Waals surface area contributed by atoms with Crippen molar-refractivity contribution in [1.29, 1.82) is 0 Å². The SMILES string of the molecule is COc1ccc(Cl)c2c1C(C)C(C)CN2. The van der Waals surface area contributed by atoms with E-state index in [2.05, 4.69) is 19.2 Å². The molecule has 1 N–H and O–H groups in total. The minimum atomic E-state index is 0.481. The van der Waals surface area contributed by atoms with Gasteiger partial charge in [0.15, 0.2) is 0 Å². The number of benzene rings is 1. The lowest BCUT2D eigenvalue weighted by molar-refractivity contribution is 0.394. The highest BCUT2D eigenvalue weighted by Crippen LogP contribution is 2.44. The fourth-order valence-corrected chi connectivity index (χ4v) is 2.34. The lowest BCUT2D eigenvalue weighted by Gasteiger charge is -2.31. The predicted molar refractivity (Wildman–Crippen MR) is 64.1 cm³/mol. The molecular formula is C12H16ClNO. The standard InChI is InChI=1S/C12H16ClNO/c1-7-6-14-12-9(13)4-5-10(15-3)11(12)8(7)2/h4-5,7-8,14H,6H2,1-3H3. The number of nitrogens with one attached hydrogen (secondary N) is 1. The lowest BCUT2D eigenvalue weighted by atomic mass is 9.84. The summed E-state index contributed by atoms with van der Waals surface area (Å²) in [7, 11) is 1.70. The van der Waals surface area contributed by atoms with E-state index in [1.807, 2.05) is 12.1 Å². The van der Waals surface area contributed by atoms with Gasteiger partial charge in [-0.2, -0.15) is 0 Å². The van der Waals surface area contributed by atoms with Gasteiger partial charge in [-0.1, -0.05) is 25.4 Å². The molecular weight excluding hydrogens is 210 g/mol. The quantitative estimate of drug-likeness (QED) is 0.790. The van der Waals surface area contributed by atoms with Gasteiger partial charge in [-0.05, 0) is 24.0 Å². The number of anilines is 1. The predicted octanol–water partition coefficient (Wildman–Crippen LogP) is 3.51. The van der Waals surface area contributed by atoms with Crippen LogP contribution in [0.3, 0.4) is 0 Å². The van der Waals surface area contributed by atoms with Gasteiger partial charge in [0, 0.05) is 12.1 Å². The molecule has 15 heavy (non-hydrogen) atoms. The summed E-state index contributed by atoms with van der Waals surface area (Å²) >= 11 is 6.17. The van der Waals surface area contributed by atoms with Crippen LogP contribution in [0, 0.1) is 5.92 Å². The summed E-state index contributed by atoms with van der Waals surface area (Å²) < 4.78 is 5.39. The van der Waals surface area contributed by atoms with Crippen LogP contribution in [0.25, 0.3) is 0 Å². The van der Waals surface area contributed by atoms with Crippen molar-refractivity contribution in [2.75, 3.05) is 19.0 Å². The van der Waals surface area contributed by atoms with E-state index in [4.69, 9.17) is 16.3 Å². The molecule has 82 valence electrons. The average molecular weight is 226 g/mol. The Morgan fingerprint density at radius 1 is 1.40 bits per heavy atom. The van der Waals surface area contributed by atoms with Crippen molar-refractivity contribution < 1.29 is 4.74 Å². The Kier molecular flexibility index (Phi) is 2.79. The number of ether oxygens (including phenoxy) is 1. The highest BCUT2D eigenvalue weighted by molar-refractivity contribution is 6.33. The molecule has 0 spiro atoms. The minimum Gasteiger partial charge on any atom is -0.496 e. The monoisotopic (exact) mass is 225 g/mol. The summed E-state index contributed by atoms with van der Waals surface area (Å²) in [6.07, 6.45) is 0. The zero-order valence-electron chi connectivity index (χ0n) is 9.30. The van der Waals surface area contributed by atoms with Gasteiger partial charge in [0.1, 0.15) is 5.75 Å². The highest BCUT2D eigenvalue weighted by atomic mass is 35.5. The van der Waals surface area contributed by atoms with E-state index < -0.39 is 0 Å². The Labute approximate surface area is 95.6 Å². The molecule has 2 atom stereocenters. The van der Waals surface area contributed by atoms with E-state index in [9.17, 15) is 0 Å². The first-order valence-electron chi connectivity index (χ1n) is 5.25. The van der Waals surface area contributed by atoms with Gasteiger partial charge in [0.2, 0.25) is 0 Å². The summed E-state index contributed by atoms with van der Waals surface area (Å²) in [6, 6.07) is 3.83. The van der Waals surface area contributed by atoms with Crippen LogP contribution >= 0.6 is 11.6 Å². The molecule has 2 rings (SSSR count). The van der Waals surface area contributed by atoms with Crippen LogP contribution < -0.4 is 10.1 Å². The zero-order valence-corrected chi connectivity index (χ0v) is 10.1. The van der Waals surface area contributed by atoms with E-state index in [0.29, 0.717) is 11.8 Å². The number of hydrogen-bond acceptors (Lipinski definition) is 2. The normalized spacial score (nSPS) is 24.3. The van der Waals surface area contributed by atoms with Crippen molar-refractivity contribution in [2.24, 2.45) is 5.92 Å². The third kappa shape index (κ3) is 1.67. The van der Waals surface area contributed by atoms with Gasteiger partial charge in [0.05, 0.1) is 17.8 Å². The number of fused-ring (bicyclic) bond motifs is 1. The molecule has 0 bridgehead atoms. The topological polar surface area (TPSA) is 21.3 Å². The summed E-state index contributed by atoms with van der Waals surface area (Å²) in [4.78, 5) is 0. The maximum atomic E-state index is 6.17. The molecule has 1 aliphatic rings. The number of methoxy groups -OCH3 is 1. The molecule has 1 heterocycles. The molecule has 2 nitrogen and oxygen atoms in total. The second-order valence-electron chi connectivity index (χ2n) is 4.19. The summed E-state index contributed by atoms with van der Waals surface area (Å²) in [5.74, 6) is 2.01. The smallest absolute Gasteiger partial charge is 0.124 e. The summed E-state index contributed by atoms with van der Waals surface area (Å²) in [5, 5.41) is 4.16. The molecule has 0 amide bonds. The molecule has 0 saturated carbocycles. The van der Waals surface area contributed by atoms with Crippen molar-refractivity contribution in [3.8, 4) is 5.75 Å². The van der Waals surface area contributed by atoms with Crippen LogP contribution in [0.1, 0.15) is 25.3 Å². The van der Waals surface area contributed by atoms with Gasteiger partial charge in [-0.15, -0.1) is 0 Å². The van der Waals surface area contributed by atoms with Crippen LogP contribution in [0.5, 0.6) is 5.75 Å². The summed E-state index contributed by atoms with van der Waals surface area (Å²) in [6.45, 7) is 5.44. The average Bonchev–Trinajstić information content (AvgIpc) is 2.24. The van der Waals surface area contributed by atoms with Crippen LogP contribution in [0.4, 0.5) is 5.69 Å². The number of halogens is 1. The van der Waals surface area contributed by atoms with Crippen LogP contribution in [-0.2, 0) is 0 Å². The second kappa shape index (κ2) is 3.93. The molecule has 0 aromatic heterocycles. The van der Waals surface area contributed by atoms with Crippen molar-refractivity contribution in [1.82, 2.24) is 0 Å². The molecule has 0 aliphatic carbocycles. The molecule has 0 radical (unpaired) electrons. The Morgan fingerprint density at radius 2 is 2.13 bits per heavy atom. The Morgan fingerprint density at radius 3 is 2.80 bits per heavy atom. The minimum absolute atomic E-state index is 0.481. The van der Waals surface area contributed by atoms with E-state index >= 15 is 0 Å². The van der Waals surface area contributed by atoms with Crippen LogP contribution in [0.2, 0.25) is 5.02 Å². The van der Waals surface area contributed by atoms with E-state index in [0.717, 1.165) is 23.0 Å². The highest BCUT2D eigenvalue weighted by Gasteiger charge is 2.27. The fraction of sp³-hybridized carbons (Fsp3) is 0.500. The number of rotatable bonds is 1. The van der Waals surface area contributed by atoms with Gasteiger partial charge >= 0.3 is 0 Å². The lowest BCUT2D eigenvalue weighted by Crippen LogP contribution is -2.24. The van der Waals surface area contributed by atoms with Crippen molar-refractivity contribution >= 4 is 17.3 Å². The Bertz CT molecular complexity index is 378. The maximum absolute atomic E-state index is 6.17. The molecule has 1 aliphatic heterocycles. The Hall–Kier alpha value is -0.890. The first kappa shape index (κ1) is 10.6. The van der Waals surface area contributed by atoms with Crippen LogP contribution in [0.15, 0.2) is 12.1 Å². The van der Waals surface area contributed by atoms with Crippen LogP contribution in [-0.4, -0.2) is 13.7 Å². The maximum Gasteiger partial charge on any atom is 0.124 e. The van der Waals surface area contributed by atoms with Crippen molar-refractivity contribution in [3.63, 3.8) is 0 Å². The van der Waals surface area contributed by atoms with Gasteiger partial charge in [0.25, 0.3) is 0 Å². The molecule has 1 aromatic rings. The molecule has 3 heteroatoms. The van der Waals surface area contributed by atoms with E-state index in [1.165, 1.54) is 5.56 Å². The van der Waals surface area contributed by atoms with Crippen molar-refractivity contribution in [3.05, 3.63) is 22.7 Å². The fourth-order valence-electron chi connectivity index (χ4n) is 2.11. The second-order valence-corrected chi connectivity index (χ2v) is 4.59. The first-order valence-corrected chi connectivity index (χ1v) is 5.63. The van der Waals surface area contributed by atoms with Gasteiger partial charge in [-0.3, -0.25) is 0 Å². The zero-order chi connectivity index (χ0) is 11.0. The molecule has 0 saturated heterocycles. The van der Waals surface area contributed by atoms with E-state index in [1.54, 1.807) is 7.11 Å². The molecule has 0 fully saturated rings. The van der Waals surface area contributed by atoms with Gasteiger partial charge < -0.3 is 10.1 Å². The molecule has 1 aromatic carbocycles. The third-order valence-electron chi connectivity index (χ3n) is 3.28. The van der Waals surface area contributed by atoms with E-state index in [-0.39, 0.29) is 0 Å². The largest absolute Gasteiger partial charge is 0.496 e. The molecule has 2 unspecified atom stereocenters. The summed E-state index contributed by atoms with van der Waals surface area (Å²) in [5.41, 5.74) is 2.25. The first-order chi connectivity index (χ1) is 7.15. The number of hydrogen-bond donors (Lipinski definition) is 1. The third-order valence-corrected chi connectivity index (χ3v) is 3.60.